The maximum Gasteiger partial charge on any atom is 0.260 e. The summed E-state index contributed by atoms with van der Waals surface area (Å²) in [6, 6.07) is 43.2. The molecule has 6 aromatic rings. The van der Waals surface area contributed by atoms with Crippen molar-refractivity contribution in [1.29, 1.82) is 0 Å². The van der Waals surface area contributed by atoms with Crippen LogP contribution >= 0.6 is 0 Å². The van der Waals surface area contributed by atoms with Crippen molar-refractivity contribution in [3.8, 4) is 56.4 Å². The summed E-state index contributed by atoms with van der Waals surface area (Å²) in [7, 11) is 0. The fourth-order valence-electron chi connectivity index (χ4n) is 7.15. The summed E-state index contributed by atoms with van der Waals surface area (Å²) in [5, 5.41) is 0. The van der Waals surface area contributed by atoms with E-state index < -0.39 is 0 Å². The molecule has 0 saturated heterocycles. The molecule has 2 nitrogen and oxygen atoms in total. The van der Waals surface area contributed by atoms with Crippen molar-refractivity contribution >= 4 is 28.7 Å². The van der Waals surface area contributed by atoms with Crippen LogP contribution in [-0.2, 0) is 0 Å². The third kappa shape index (κ3) is 5.00. The number of benzene rings is 6. The van der Waals surface area contributed by atoms with Gasteiger partial charge >= 0.3 is 0 Å². The summed E-state index contributed by atoms with van der Waals surface area (Å²) in [5.41, 5.74) is 14.8. The molecule has 2 aliphatic rings. The Kier molecular flexibility index (Phi) is 7.46. The maximum atomic E-state index is 7.08. The number of hydrogen-bond donors (Lipinski definition) is 0. The van der Waals surface area contributed by atoms with Crippen LogP contribution in [0.2, 0.25) is 0 Å². The number of rotatable bonds is 6. The van der Waals surface area contributed by atoms with Crippen molar-refractivity contribution in [2.24, 2.45) is 0 Å². The zero-order valence-corrected chi connectivity index (χ0v) is 27.5. The van der Waals surface area contributed by atoms with E-state index >= 15 is 0 Å². The van der Waals surface area contributed by atoms with Gasteiger partial charge < -0.3 is 9.47 Å². The molecule has 0 unspecified atom stereocenters. The van der Waals surface area contributed by atoms with E-state index in [1.807, 2.05) is 12.2 Å². The number of aryl methyl sites for hydroxylation is 2. The zero-order chi connectivity index (χ0) is 32.8. The molecular formula is C45H35BO2. The van der Waals surface area contributed by atoms with E-state index in [2.05, 4.69) is 155 Å². The van der Waals surface area contributed by atoms with Crippen molar-refractivity contribution in [1.82, 2.24) is 0 Å². The molecule has 3 heteroatoms. The molecule has 0 fully saturated rings. The Balaban J connectivity index is 1.42. The molecule has 0 spiro atoms. The third-order valence-electron chi connectivity index (χ3n) is 9.66. The fraction of sp³-hybridized carbons (Fsp3) is 0.0667. The summed E-state index contributed by atoms with van der Waals surface area (Å²) >= 11 is 0. The monoisotopic (exact) mass is 618 g/mol. The molecule has 0 radical (unpaired) electrons. The Hall–Kier alpha value is -5.80. The average Bonchev–Trinajstić information content (AvgIpc) is 3.12. The van der Waals surface area contributed by atoms with Gasteiger partial charge in [-0.2, -0.15) is 0 Å². The minimum Gasteiger partial charge on any atom is -0.458 e. The minimum absolute atomic E-state index is 0.0712. The molecule has 0 amide bonds. The van der Waals surface area contributed by atoms with Crippen LogP contribution in [0.1, 0.15) is 23.6 Å². The lowest BCUT2D eigenvalue weighted by molar-refractivity contribution is 0.467. The van der Waals surface area contributed by atoms with Gasteiger partial charge in [-0.25, -0.2) is 0 Å². The fourth-order valence-corrected chi connectivity index (χ4v) is 7.15. The quantitative estimate of drug-likeness (QED) is 0.136. The predicted molar refractivity (Wildman–Crippen MR) is 203 cm³/mol. The second kappa shape index (κ2) is 12.1. The lowest BCUT2D eigenvalue weighted by atomic mass is 9.34. The zero-order valence-electron chi connectivity index (χ0n) is 27.5. The average molecular weight is 619 g/mol. The highest BCUT2D eigenvalue weighted by Gasteiger charge is 2.43. The second-order valence-corrected chi connectivity index (χ2v) is 12.7. The van der Waals surface area contributed by atoms with E-state index in [1.54, 1.807) is 6.08 Å². The molecule has 48 heavy (non-hydrogen) atoms. The molecule has 2 aliphatic heterocycles. The Morgan fingerprint density at radius 3 is 1.79 bits per heavy atom. The highest BCUT2D eigenvalue weighted by molar-refractivity contribution is 6.98. The van der Waals surface area contributed by atoms with Gasteiger partial charge in [0.2, 0.25) is 0 Å². The minimum atomic E-state index is -0.0712. The lowest BCUT2D eigenvalue weighted by Gasteiger charge is -2.36. The number of fused-ring (bicyclic) bond motifs is 4. The first-order chi connectivity index (χ1) is 23.5. The van der Waals surface area contributed by atoms with Gasteiger partial charge in [-0.15, -0.1) is 0 Å². The van der Waals surface area contributed by atoms with E-state index in [0.717, 1.165) is 83.9 Å². The van der Waals surface area contributed by atoms with Crippen LogP contribution in [0.15, 0.2) is 152 Å². The van der Waals surface area contributed by atoms with Crippen molar-refractivity contribution in [2.75, 3.05) is 0 Å². The van der Waals surface area contributed by atoms with Crippen LogP contribution in [0.4, 0.5) is 0 Å². The number of hydrogen-bond acceptors (Lipinski definition) is 2. The van der Waals surface area contributed by atoms with Crippen LogP contribution in [-0.4, -0.2) is 6.71 Å². The van der Waals surface area contributed by atoms with Crippen molar-refractivity contribution in [3.05, 3.63) is 169 Å². The Morgan fingerprint density at radius 1 is 0.583 bits per heavy atom. The van der Waals surface area contributed by atoms with Crippen molar-refractivity contribution < 1.29 is 9.47 Å². The van der Waals surface area contributed by atoms with Gasteiger partial charge in [0.1, 0.15) is 23.0 Å². The summed E-state index contributed by atoms with van der Waals surface area (Å²) in [6.45, 7) is 10.2. The highest BCUT2D eigenvalue weighted by Crippen LogP contribution is 2.47. The molecule has 0 aliphatic carbocycles. The standard InChI is InChI=1S/C45H35BO2/c1-5-6-8-15-29(2)33-22-24-39-41(26-33)47-44-37(35-20-13-11-16-30(35)3)28-38(36-21-14-12-17-31(36)4)45-43(44)46(39)40-25-23-34(27-42(40)48-45)32-18-9-7-10-19-32/h5-28H,1H2,2-4H3/b8-6-,29-15+. The molecule has 230 valence electrons. The normalized spacial score (nSPS) is 12.9. The van der Waals surface area contributed by atoms with Crippen molar-refractivity contribution in [3.63, 3.8) is 0 Å². The van der Waals surface area contributed by atoms with Crippen LogP contribution in [0.25, 0.3) is 39.0 Å². The molecule has 0 saturated carbocycles. The van der Waals surface area contributed by atoms with Crippen LogP contribution in [0.3, 0.4) is 0 Å². The van der Waals surface area contributed by atoms with Gasteiger partial charge in [0.25, 0.3) is 6.71 Å². The van der Waals surface area contributed by atoms with E-state index in [0.29, 0.717) is 0 Å². The van der Waals surface area contributed by atoms with E-state index in [4.69, 9.17) is 9.47 Å². The van der Waals surface area contributed by atoms with Gasteiger partial charge in [0.15, 0.2) is 0 Å². The smallest absolute Gasteiger partial charge is 0.260 e. The van der Waals surface area contributed by atoms with Crippen LogP contribution in [0, 0.1) is 13.8 Å². The molecule has 6 aromatic carbocycles. The number of ether oxygens (including phenoxy) is 2. The Labute approximate surface area is 283 Å². The SMILES string of the molecule is C=C/C=C\C=C(/C)c1ccc2c(c1)Oc1c(-c3ccccc3C)cc(-c3ccccc3C)c3c1B2c1ccc(-c2ccccc2)cc1O3. The second-order valence-electron chi connectivity index (χ2n) is 12.7. The van der Waals surface area contributed by atoms with E-state index in [9.17, 15) is 0 Å². The molecular weight excluding hydrogens is 583 g/mol. The number of allylic oxidation sites excluding steroid dienone is 5. The molecule has 0 bridgehead atoms. The first kappa shape index (κ1) is 29.6. The Bertz CT molecular complexity index is 2290. The molecule has 2 heterocycles. The first-order valence-corrected chi connectivity index (χ1v) is 16.5. The van der Waals surface area contributed by atoms with Crippen LogP contribution in [0.5, 0.6) is 23.0 Å². The lowest BCUT2D eigenvalue weighted by Crippen LogP contribution is -2.57. The summed E-state index contributed by atoms with van der Waals surface area (Å²) in [6.07, 6.45) is 7.87. The first-order valence-electron chi connectivity index (χ1n) is 16.5. The Morgan fingerprint density at radius 2 is 1.17 bits per heavy atom. The van der Waals surface area contributed by atoms with E-state index in [1.165, 1.54) is 11.1 Å². The van der Waals surface area contributed by atoms with Gasteiger partial charge in [-0.1, -0.05) is 134 Å². The van der Waals surface area contributed by atoms with Gasteiger partial charge in [0.05, 0.1) is 0 Å². The largest absolute Gasteiger partial charge is 0.458 e. The van der Waals surface area contributed by atoms with E-state index in [-0.39, 0.29) is 6.71 Å². The summed E-state index contributed by atoms with van der Waals surface area (Å²) < 4.78 is 14.1. The van der Waals surface area contributed by atoms with Gasteiger partial charge in [-0.3, -0.25) is 0 Å². The molecule has 0 atom stereocenters. The van der Waals surface area contributed by atoms with Gasteiger partial charge in [0, 0.05) is 16.6 Å². The maximum absolute atomic E-state index is 7.08. The summed E-state index contributed by atoms with van der Waals surface area (Å²) in [5.74, 6) is 3.47. The topological polar surface area (TPSA) is 18.5 Å². The molecule has 0 aromatic heterocycles. The third-order valence-corrected chi connectivity index (χ3v) is 9.66. The van der Waals surface area contributed by atoms with Gasteiger partial charge in [-0.05, 0) is 94.4 Å². The molecule has 0 N–H and O–H groups in total. The van der Waals surface area contributed by atoms with Crippen LogP contribution < -0.4 is 25.9 Å². The van der Waals surface area contributed by atoms with Crippen molar-refractivity contribution in [2.45, 2.75) is 20.8 Å². The summed E-state index contributed by atoms with van der Waals surface area (Å²) in [4.78, 5) is 0. The predicted octanol–water partition coefficient (Wildman–Crippen LogP) is 10.2. The molecule has 8 rings (SSSR count). The highest BCUT2D eigenvalue weighted by atomic mass is 16.5.